The third-order valence-corrected chi connectivity index (χ3v) is 4.20. The molecule has 0 saturated carbocycles. The molecule has 0 unspecified atom stereocenters. The monoisotopic (exact) mass is 314 g/mol. The second-order valence-electron chi connectivity index (χ2n) is 6.02. The summed E-state index contributed by atoms with van der Waals surface area (Å²) in [6.07, 6.45) is 2.14. The Hall–Kier alpha value is -1.68. The molecule has 0 heterocycles. The average Bonchev–Trinajstić information content (AvgIpc) is 2.61. The number of hydrogen-bond acceptors (Lipinski definition) is 3. The zero-order chi connectivity index (χ0) is 16.5. The van der Waals surface area contributed by atoms with Crippen molar-refractivity contribution in [3.63, 3.8) is 0 Å². The average molecular weight is 314 g/mol. The van der Waals surface area contributed by atoms with E-state index >= 15 is 0 Å². The molecule has 2 rings (SSSR count). The third-order valence-electron chi connectivity index (χ3n) is 4.20. The van der Waals surface area contributed by atoms with Crippen molar-refractivity contribution in [3.8, 4) is 0 Å². The van der Waals surface area contributed by atoms with E-state index in [-0.39, 0.29) is 19.8 Å². The second kappa shape index (κ2) is 8.82. The van der Waals surface area contributed by atoms with Crippen LogP contribution in [0.5, 0.6) is 0 Å². The summed E-state index contributed by atoms with van der Waals surface area (Å²) in [5, 5.41) is 19.7. The molecule has 0 fully saturated rings. The van der Waals surface area contributed by atoms with Crippen molar-refractivity contribution in [2.45, 2.75) is 31.8 Å². The minimum Gasteiger partial charge on any atom is -0.395 e. The summed E-state index contributed by atoms with van der Waals surface area (Å²) >= 11 is 0. The molecule has 0 aliphatic rings. The van der Waals surface area contributed by atoms with Crippen LogP contribution >= 0.6 is 0 Å². The van der Waals surface area contributed by atoms with Gasteiger partial charge in [-0.05, 0) is 23.1 Å². The van der Waals surface area contributed by atoms with Crippen LogP contribution in [0.4, 0.5) is 0 Å². The first-order valence-electron chi connectivity index (χ1n) is 8.17. The summed E-state index contributed by atoms with van der Waals surface area (Å²) in [4.78, 5) is 0. The van der Waals surface area contributed by atoms with Gasteiger partial charge in [-0.25, -0.2) is 0 Å². The number of aliphatic hydroxyl groups excluding tert-OH is 2. The van der Waals surface area contributed by atoms with Gasteiger partial charge >= 0.3 is 0 Å². The van der Waals surface area contributed by atoms with E-state index in [0.29, 0.717) is 6.61 Å². The highest BCUT2D eigenvalue weighted by Gasteiger charge is 2.31. The maximum Gasteiger partial charge on any atom is 0.0717 e. The van der Waals surface area contributed by atoms with Gasteiger partial charge < -0.3 is 14.9 Å². The predicted octanol–water partition coefficient (Wildman–Crippen LogP) is 3.08. The Morgan fingerprint density at radius 2 is 1.52 bits per heavy atom. The van der Waals surface area contributed by atoms with Crippen LogP contribution in [0.3, 0.4) is 0 Å². The first-order valence-corrected chi connectivity index (χ1v) is 8.17. The maximum absolute atomic E-state index is 9.86. The Morgan fingerprint density at radius 1 is 0.870 bits per heavy atom. The standard InChI is InChI=1S/C20H26O3/c1-2-6-17-9-11-19(12-10-17)20(14-21,15-22)16-23-13-18-7-4-3-5-8-18/h3-5,7-12,21-22H,2,6,13-16H2,1H3. The quantitative estimate of drug-likeness (QED) is 0.748. The molecule has 0 aromatic heterocycles. The minimum absolute atomic E-state index is 0.147. The molecule has 2 aromatic rings. The van der Waals surface area contributed by atoms with Crippen molar-refractivity contribution in [1.82, 2.24) is 0 Å². The molecule has 0 amide bonds. The van der Waals surface area contributed by atoms with E-state index in [1.54, 1.807) is 0 Å². The fraction of sp³-hybridized carbons (Fsp3) is 0.400. The molecule has 2 N–H and O–H groups in total. The Morgan fingerprint density at radius 3 is 2.09 bits per heavy atom. The SMILES string of the molecule is CCCc1ccc(C(CO)(CO)COCc2ccccc2)cc1. The molecular formula is C20H26O3. The van der Waals surface area contributed by atoms with Crippen LogP contribution in [-0.4, -0.2) is 30.0 Å². The normalized spacial score (nSPS) is 11.6. The molecule has 3 nitrogen and oxygen atoms in total. The molecule has 0 radical (unpaired) electrons. The lowest BCUT2D eigenvalue weighted by molar-refractivity contribution is 0.0131. The lowest BCUT2D eigenvalue weighted by Crippen LogP contribution is -2.39. The van der Waals surface area contributed by atoms with Crippen LogP contribution in [0.25, 0.3) is 0 Å². The van der Waals surface area contributed by atoms with Crippen LogP contribution in [0, 0.1) is 0 Å². The van der Waals surface area contributed by atoms with E-state index in [4.69, 9.17) is 4.74 Å². The van der Waals surface area contributed by atoms with Gasteiger partial charge in [0, 0.05) is 0 Å². The van der Waals surface area contributed by atoms with Gasteiger partial charge in [0.15, 0.2) is 0 Å². The highest BCUT2D eigenvalue weighted by molar-refractivity contribution is 5.30. The molecule has 23 heavy (non-hydrogen) atoms. The fourth-order valence-corrected chi connectivity index (χ4v) is 2.66. The summed E-state index contributed by atoms with van der Waals surface area (Å²) in [6, 6.07) is 18.0. The van der Waals surface area contributed by atoms with E-state index in [1.165, 1.54) is 5.56 Å². The Bertz CT molecular complexity index is 559. The molecule has 3 heteroatoms. The zero-order valence-corrected chi connectivity index (χ0v) is 13.7. The van der Waals surface area contributed by atoms with E-state index in [2.05, 4.69) is 19.1 Å². The molecule has 0 bridgehead atoms. The van der Waals surface area contributed by atoms with Crippen LogP contribution < -0.4 is 0 Å². The summed E-state index contributed by atoms with van der Waals surface area (Å²) in [5.74, 6) is 0. The van der Waals surface area contributed by atoms with Gasteiger partial charge in [0.2, 0.25) is 0 Å². The van der Waals surface area contributed by atoms with E-state index < -0.39 is 5.41 Å². The molecule has 0 atom stereocenters. The molecule has 124 valence electrons. The van der Waals surface area contributed by atoms with Crippen molar-refractivity contribution in [2.24, 2.45) is 0 Å². The van der Waals surface area contributed by atoms with Gasteiger partial charge in [0.25, 0.3) is 0 Å². The topological polar surface area (TPSA) is 49.7 Å². The second-order valence-corrected chi connectivity index (χ2v) is 6.02. The molecule has 0 aliphatic heterocycles. The lowest BCUT2D eigenvalue weighted by atomic mass is 9.82. The number of ether oxygens (including phenoxy) is 1. The third kappa shape index (κ3) is 4.64. The van der Waals surface area contributed by atoms with Gasteiger partial charge in [0.05, 0.1) is 31.8 Å². The number of aliphatic hydroxyl groups is 2. The lowest BCUT2D eigenvalue weighted by Gasteiger charge is -2.30. The van der Waals surface area contributed by atoms with Crippen molar-refractivity contribution < 1.29 is 14.9 Å². The van der Waals surface area contributed by atoms with Gasteiger partial charge in [0.1, 0.15) is 0 Å². The van der Waals surface area contributed by atoms with Gasteiger partial charge in [-0.2, -0.15) is 0 Å². The van der Waals surface area contributed by atoms with E-state index in [0.717, 1.165) is 24.0 Å². The number of benzene rings is 2. The van der Waals surface area contributed by atoms with Crippen LogP contribution in [0.1, 0.15) is 30.0 Å². The number of hydrogen-bond donors (Lipinski definition) is 2. The minimum atomic E-state index is -0.764. The summed E-state index contributed by atoms with van der Waals surface area (Å²) < 4.78 is 5.78. The highest BCUT2D eigenvalue weighted by Crippen LogP contribution is 2.25. The molecule has 0 spiro atoms. The van der Waals surface area contributed by atoms with Crippen LogP contribution in [0.15, 0.2) is 54.6 Å². The van der Waals surface area contributed by atoms with Gasteiger partial charge in [-0.1, -0.05) is 67.9 Å². The van der Waals surface area contributed by atoms with Crippen LogP contribution in [0.2, 0.25) is 0 Å². The van der Waals surface area contributed by atoms with Crippen molar-refractivity contribution in [2.75, 3.05) is 19.8 Å². The van der Waals surface area contributed by atoms with Crippen molar-refractivity contribution >= 4 is 0 Å². The first-order chi connectivity index (χ1) is 11.2. The molecule has 2 aromatic carbocycles. The molecule has 0 aliphatic carbocycles. The summed E-state index contributed by atoms with van der Waals surface area (Å²) in [5.41, 5.74) is 2.50. The van der Waals surface area contributed by atoms with Crippen LogP contribution in [-0.2, 0) is 23.2 Å². The van der Waals surface area contributed by atoms with Gasteiger partial charge in [-0.3, -0.25) is 0 Å². The smallest absolute Gasteiger partial charge is 0.0717 e. The Labute approximate surface area is 138 Å². The zero-order valence-electron chi connectivity index (χ0n) is 13.7. The summed E-state index contributed by atoms with van der Waals surface area (Å²) in [7, 11) is 0. The first kappa shape index (κ1) is 17.7. The van der Waals surface area contributed by atoms with Crippen molar-refractivity contribution in [1.29, 1.82) is 0 Å². The van der Waals surface area contributed by atoms with E-state index in [1.807, 2.05) is 42.5 Å². The number of rotatable bonds is 9. The summed E-state index contributed by atoms with van der Waals surface area (Å²) in [6.45, 7) is 2.60. The number of aryl methyl sites for hydroxylation is 1. The molecule has 0 saturated heterocycles. The van der Waals surface area contributed by atoms with E-state index in [9.17, 15) is 10.2 Å². The Kier molecular flexibility index (Phi) is 6.78. The molecular weight excluding hydrogens is 288 g/mol. The highest BCUT2D eigenvalue weighted by atomic mass is 16.5. The Balaban J connectivity index is 2.05. The van der Waals surface area contributed by atoms with Crippen molar-refractivity contribution in [3.05, 3.63) is 71.3 Å². The predicted molar refractivity (Wildman–Crippen MR) is 92.4 cm³/mol. The van der Waals surface area contributed by atoms with Gasteiger partial charge in [-0.15, -0.1) is 0 Å². The maximum atomic E-state index is 9.86. The largest absolute Gasteiger partial charge is 0.395 e. The fourth-order valence-electron chi connectivity index (χ4n) is 2.66.